The molecule has 0 saturated carbocycles. The molecule has 7 heteroatoms. The highest BCUT2D eigenvalue weighted by atomic mass is 16.5. The van der Waals surface area contributed by atoms with Gasteiger partial charge in [0, 0.05) is 37.1 Å². The van der Waals surface area contributed by atoms with Crippen molar-refractivity contribution >= 4 is 16.7 Å². The first-order valence-corrected chi connectivity index (χ1v) is 7.87. The van der Waals surface area contributed by atoms with E-state index in [2.05, 4.69) is 19.9 Å². The lowest BCUT2D eigenvalue weighted by molar-refractivity contribution is 0.418. The molecule has 0 bridgehead atoms. The van der Waals surface area contributed by atoms with Crippen molar-refractivity contribution in [2.45, 2.75) is 12.5 Å². The fraction of sp³-hybridized carbons (Fsp3) is 0.294. The average molecular weight is 322 g/mol. The summed E-state index contributed by atoms with van der Waals surface area (Å²) in [7, 11) is 1.63. The fourth-order valence-electron chi connectivity index (χ4n) is 3.03. The van der Waals surface area contributed by atoms with Crippen LogP contribution in [-0.4, -0.2) is 46.2 Å². The van der Waals surface area contributed by atoms with E-state index in [1.807, 2.05) is 12.1 Å². The smallest absolute Gasteiger partial charge is 0.162 e. The van der Waals surface area contributed by atoms with Crippen molar-refractivity contribution in [2.24, 2.45) is 5.73 Å². The normalized spacial score (nSPS) is 17.4. The zero-order valence-corrected chi connectivity index (χ0v) is 13.4. The van der Waals surface area contributed by atoms with E-state index in [0.717, 1.165) is 41.8 Å². The van der Waals surface area contributed by atoms with Crippen LogP contribution in [0.3, 0.4) is 0 Å². The molecule has 0 aliphatic carbocycles. The van der Waals surface area contributed by atoms with Crippen LogP contribution in [0.5, 0.6) is 5.75 Å². The topological polar surface area (TPSA) is 90.0 Å². The van der Waals surface area contributed by atoms with Crippen LogP contribution < -0.4 is 15.4 Å². The van der Waals surface area contributed by atoms with Gasteiger partial charge in [-0.25, -0.2) is 9.97 Å². The van der Waals surface area contributed by atoms with Crippen molar-refractivity contribution in [2.75, 3.05) is 25.1 Å². The Morgan fingerprint density at radius 3 is 2.71 bits per heavy atom. The molecule has 0 amide bonds. The Hall–Kier alpha value is -2.80. The summed E-state index contributed by atoms with van der Waals surface area (Å²) >= 11 is 0. The highest BCUT2D eigenvalue weighted by molar-refractivity contribution is 5.95. The summed E-state index contributed by atoms with van der Waals surface area (Å²) in [4.78, 5) is 20.0. The quantitative estimate of drug-likeness (QED) is 0.783. The number of nitrogens with two attached hydrogens (primary N) is 1. The molecule has 1 aliphatic heterocycles. The molecule has 24 heavy (non-hydrogen) atoms. The molecule has 2 N–H and O–H groups in total. The zero-order chi connectivity index (χ0) is 16.5. The molecule has 1 saturated heterocycles. The maximum Gasteiger partial charge on any atom is 0.162 e. The van der Waals surface area contributed by atoms with Crippen LogP contribution in [0.25, 0.3) is 22.3 Å². The summed E-state index contributed by atoms with van der Waals surface area (Å²) in [6.45, 7) is 1.64. The van der Waals surface area contributed by atoms with E-state index in [4.69, 9.17) is 15.5 Å². The van der Waals surface area contributed by atoms with E-state index in [9.17, 15) is 0 Å². The monoisotopic (exact) mass is 322 g/mol. The third-order valence-corrected chi connectivity index (χ3v) is 4.24. The van der Waals surface area contributed by atoms with Crippen molar-refractivity contribution in [3.05, 3.63) is 36.9 Å². The average Bonchev–Trinajstić information content (AvgIpc) is 3.07. The Labute approximate surface area is 139 Å². The van der Waals surface area contributed by atoms with E-state index in [0.29, 0.717) is 11.6 Å². The largest absolute Gasteiger partial charge is 0.494 e. The summed E-state index contributed by atoms with van der Waals surface area (Å²) in [5.74, 6) is 2.17. The molecule has 1 atom stereocenters. The number of nitrogens with zero attached hydrogens (tertiary/aromatic N) is 5. The van der Waals surface area contributed by atoms with Crippen molar-refractivity contribution in [1.82, 2.24) is 19.9 Å². The summed E-state index contributed by atoms with van der Waals surface area (Å²) < 4.78 is 5.49. The van der Waals surface area contributed by atoms with Gasteiger partial charge in [-0.1, -0.05) is 0 Å². The summed E-state index contributed by atoms with van der Waals surface area (Å²) in [5, 5.41) is 0.874. The number of hydrogen-bond acceptors (Lipinski definition) is 7. The van der Waals surface area contributed by atoms with Gasteiger partial charge in [-0.15, -0.1) is 0 Å². The molecule has 0 spiro atoms. The van der Waals surface area contributed by atoms with Crippen LogP contribution in [0.4, 0.5) is 5.82 Å². The number of fused-ring (bicyclic) bond motifs is 1. The third kappa shape index (κ3) is 2.52. The second kappa shape index (κ2) is 6.01. The standard InChI is InChI=1S/C17H18N6O/c1-24-14-9-20-8-13-15(14)17(23-7-4-12(18)10-23)22-16(21-13)11-2-5-19-6-3-11/h2-3,5-6,8-9,12H,4,7,10,18H2,1H3/t12-/m0/s1. The van der Waals surface area contributed by atoms with E-state index < -0.39 is 0 Å². The molecular formula is C17H18N6O. The second-order valence-electron chi connectivity index (χ2n) is 5.84. The minimum atomic E-state index is 0.159. The van der Waals surface area contributed by atoms with Crippen LogP contribution in [0.15, 0.2) is 36.9 Å². The van der Waals surface area contributed by atoms with Crippen LogP contribution in [-0.2, 0) is 0 Å². The molecule has 4 rings (SSSR count). The first kappa shape index (κ1) is 14.8. The molecule has 3 aromatic rings. The van der Waals surface area contributed by atoms with E-state index in [1.54, 1.807) is 31.9 Å². The molecule has 0 radical (unpaired) electrons. The van der Waals surface area contributed by atoms with Crippen molar-refractivity contribution in [3.8, 4) is 17.1 Å². The molecule has 7 nitrogen and oxygen atoms in total. The highest BCUT2D eigenvalue weighted by Gasteiger charge is 2.25. The number of pyridine rings is 2. The van der Waals surface area contributed by atoms with Gasteiger partial charge in [-0.3, -0.25) is 9.97 Å². The molecule has 1 fully saturated rings. The Morgan fingerprint density at radius 1 is 1.17 bits per heavy atom. The second-order valence-corrected chi connectivity index (χ2v) is 5.84. The van der Waals surface area contributed by atoms with Crippen LogP contribution in [0, 0.1) is 0 Å². The Morgan fingerprint density at radius 2 is 2.00 bits per heavy atom. The summed E-state index contributed by atoms with van der Waals surface area (Å²) in [5.41, 5.74) is 7.76. The van der Waals surface area contributed by atoms with Gasteiger partial charge in [0.2, 0.25) is 0 Å². The number of ether oxygens (including phenoxy) is 1. The first-order valence-electron chi connectivity index (χ1n) is 7.87. The van der Waals surface area contributed by atoms with Gasteiger partial charge in [0.15, 0.2) is 5.82 Å². The van der Waals surface area contributed by atoms with Crippen LogP contribution >= 0.6 is 0 Å². The lowest BCUT2D eigenvalue weighted by atomic mass is 10.2. The first-order chi connectivity index (χ1) is 11.8. The van der Waals surface area contributed by atoms with Gasteiger partial charge in [0.1, 0.15) is 11.6 Å². The third-order valence-electron chi connectivity index (χ3n) is 4.24. The zero-order valence-electron chi connectivity index (χ0n) is 13.4. The number of anilines is 1. The Balaban J connectivity index is 1.95. The number of methoxy groups -OCH3 is 1. The van der Waals surface area contributed by atoms with Crippen LogP contribution in [0.2, 0.25) is 0 Å². The van der Waals surface area contributed by atoms with Gasteiger partial charge in [-0.2, -0.15) is 0 Å². The van der Waals surface area contributed by atoms with Crippen molar-refractivity contribution in [3.63, 3.8) is 0 Å². The number of hydrogen-bond donors (Lipinski definition) is 1. The van der Waals surface area contributed by atoms with E-state index >= 15 is 0 Å². The lowest BCUT2D eigenvalue weighted by Gasteiger charge is -2.20. The molecule has 1 aliphatic rings. The maximum absolute atomic E-state index is 6.09. The van der Waals surface area contributed by atoms with E-state index in [-0.39, 0.29) is 6.04 Å². The molecule has 0 aromatic carbocycles. The van der Waals surface area contributed by atoms with Gasteiger partial charge in [0.25, 0.3) is 0 Å². The van der Waals surface area contributed by atoms with Crippen molar-refractivity contribution < 1.29 is 4.74 Å². The van der Waals surface area contributed by atoms with Crippen LogP contribution in [0.1, 0.15) is 6.42 Å². The SMILES string of the molecule is COc1cncc2nc(-c3ccncc3)nc(N3CC[C@H](N)C3)c12. The van der Waals surface area contributed by atoms with Gasteiger partial charge < -0.3 is 15.4 Å². The molecular weight excluding hydrogens is 304 g/mol. The minimum absolute atomic E-state index is 0.159. The maximum atomic E-state index is 6.09. The Bertz CT molecular complexity index is 870. The summed E-state index contributed by atoms with van der Waals surface area (Å²) in [6, 6.07) is 3.95. The molecule has 0 unspecified atom stereocenters. The Kier molecular flexibility index (Phi) is 3.70. The number of aromatic nitrogens is 4. The van der Waals surface area contributed by atoms with Crippen molar-refractivity contribution in [1.29, 1.82) is 0 Å². The fourth-order valence-corrected chi connectivity index (χ4v) is 3.03. The predicted octanol–water partition coefficient (Wildman–Crippen LogP) is 1.63. The molecule has 122 valence electrons. The molecule has 3 aromatic heterocycles. The van der Waals surface area contributed by atoms with Gasteiger partial charge >= 0.3 is 0 Å². The molecule has 4 heterocycles. The number of rotatable bonds is 3. The van der Waals surface area contributed by atoms with Gasteiger partial charge in [-0.05, 0) is 18.6 Å². The lowest BCUT2D eigenvalue weighted by Crippen LogP contribution is -2.27. The predicted molar refractivity (Wildman–Crippen MR) is 91.9 cm³/mol. The van der Waals surface area contributed by atoms with Gasteiger partial charge in [0.05, 0.1) is 30.4 Å². The van der Waals surface area contributed by atoms with E-state index in [1.165, 1.54) is 0 Å². The minimum Gasteiger partial charge on any atom is -0.494 e. The highest BCUT2D eigenvalue weighted by Crippen LogP contribution is 2.34. The summed E-state index contributed by atoms with van der Waals surface area (Å²) in [6.07, 6.45) is 7.85.